The Morgan fingerprint density at radius 1 is 1.42 bits per heavy atom. The minimum atomic E-state index is -0.773. The molecule has 2 heterocycles. The van der Waals surface area contributed by atoms with Crippen LogP contribution in [0.4, 0.5) is 11.6 Å². The Labute approximate surface area is 112 Å². The number of ether oxygens (including phenoxy) is 1. The molecule has 104 valence electrons. The van der Waals surface area contributed by atoms with Crippen molar-refractivity contribution < 1.29 is 9.84 Å². The van der Waals surface area contributed by atoms with Crippen LogP contribution < -0.4 is 10.6 Å². The van der Waals surface area contributed by atoms with Gasteiger partial charge in [-0.15, -0.1) is 0 Å². The average molecular weight is 264 g/mol. The van der Waals surface area contributed by atoms with Gasteiger partial charge in [-0.25, -0.2) is 9.97 Å². The van der Waals surface area contributed by atoms with Gasteiger partial charge in [0.1, 0.15) is 23.1 Å². The third-order valence-electron chi connectivity index (χ3n) is 3.62. The Balaban J connectivity index is 1.70. The van der Waals surface area contributed by atoms with Gasteiger partial charge >= 0.3 is 0 Å². The van der Waals surface area contributed by atoms with Gasteiger partial charge in [-0.2, -0.15) is 0 Å². The molecule has 19 heavy (non-hydrogen) atoms. The van der Waals surface area contributed by atoms with Crippen LogP contribution in [0.3, 0.4) is 0 Å². The molecule has 1 saturated carbocycles. The van der Waals surface area contributed by atoms with E-state index >= 15 is 0 Å². The second-order valence-corrected chi connectivity index (χ2v) is 5.40. The summed E-state index contributed by atoms with van der Waals surface area (Å²) in [5, 5.41) is 16.5. The maximum Gasteiger partial charge on any atom is 0.136 e. The number of rotatable bonds is 5. The fourth-order valence-electron chi connectivity index (χ4n) is 2.20. The number of nitrogens with zero attached hydrogens (tertiary/aromatic N) is 2. The van der Waals surface area contributed by atoms with Crippen molar-refractivity contribution in [3.63, 3.8) is 0 Å². The topological polar surface area (TPSA) is 79.3 Å². The Morgan fingerprint density at radius 2 is 2.21 bits per heavy atom. The maximum absolute atomic E-state index is 10.2. The van der Waals surface area contributed by atoms with Crippen molar-refractivity contribution >= 4 is 11.6 Å². The number of aromatic nitrogens is 2. The van der Waals surface area contributed by atoms with Gasteiger partial charge in [0.2, 0.25) is 0 Å². The van der Waals surface area contributed by atoms with E-state index in [1.54, 1.807) is 0 Å². The smallest absolute Gasteiger partial charge is 0.136 e. The molecule has 0 radical (unpaired) electrons. The SMILES string of the molecule is CNc1cc(NCC2(O)CCOC2)nc(C2CC2)n1. The zero-order valence-corrected chi connectivity index (χ0v) is 11.1. The highest BCUT2D eigenvalue weighted by Gasteiger charge is 2.32. The summed E-state index contributed by atoms with van der Waals surface area (Å²) in [5.74, 6) is 2.98. The molecule has 6 nitrogen and oxygen atoms in total. The summed E-state index contributed by atoms with van der Waals surface area (Å²) in [6, 6.07) is 1.87. The van der Waals surface area contributed by atoms with E-state index in [0.717, 1.165) is 17.5 Å². The Kier molecular flexibility index (Phi) is 3.28. The molecule has 0 amide bonds. The highest BCUT2D eigenvalue weighted by atomic mass is 16.5. The zero-order valence-electron chi connectivity index (χ0n) is 11.1. The summed E-state index contributed by atoms with van der Waals surface area (Å²) < 4.78 is 5.23. The van der Waals surface area contributed by atoms with E-state index in [4.69, 9.17) is 4.74 Å². The molecule has 2 aliphatic rings. The largest absolute Gasteiger partial charge is 0.386 e. The van der Waals surface area contributed by atoms with Gasteiger partial charge in [-0.1, -0.05) is 0 Å². The van der Waals surface area contributed by atoms with Gasteiger partial charge in [0.05, 0.1) is 6.61 Å². The summed E-state index contributed by atoms with van der Waals surface area (Å²) in [6.07, 6.45) is 3.01. The van der Waals surface area contributed by atoms with Crippen molar-refractivity contribution in [3.05, 3.63) is 11.9 Å². The molecular formula is C13H20N4O2. The molecule has 1 aliphatic heterocycles. The van der Waals surface area contributed by atoms with Crippen LogP contribution >= 0.6 is 0 Å². The molecule has 1 aliphatic carbocycles. The summed E-state index contributed by atoms with van der Waals surface area (Å²) in [5.41, 5.74) is -0.773. The van der Waals surface area contributed by atoms with Crippen LogP contribution in [0, 0.1) is 0 Å². The average Bonchev–Trinajstić information content (AvgIpc) is 3.19. The van der Waals surface area contributed by atoms with Crippen LogP contribution in [0.2, 0.25) is 0 Å². The van der Waals surface area contributed by atoms with Crippen LogP contribution in [-0.2, 0) is 4.74 Å². The van der Waals surface area contributed by atoms with E-state index in [0.29, 0.717) is 32.1 Å². The molecule has 3 rings (SSSR count). The van der Waals surface area contributed by atoms with Crippen LogP contribution in [-0.4, -0.2) is 47.5 Å². The third kappa shape index (κ3) is 2.96. The number of aliphatic hydroxyl groups is 1. The first-order chi connectivity index (χ1) is 9.18. The molecule has 1 unspecified atom stereocenters. The minimum absolute atomic E-state index is 0.388. The van der Waals surface area contributed by atoms with Crippen LogP contribution in [0.15, 0.2) is 6.07 Å². The van der Waals surface area contributed by atoms with Crippen molar-refractivity contribution in [1.29, 1.82) is 0 Å². The van der Waals surface area contributed by atoms with Gasteiger partial charge in [0, 0.05) is 38.6 Å². The lowest BCUT2D eigenvalue weighted by atomic mass is 10.0. The van der Waals surface area contributed by atoms with Crippen LogP contribution in [0.1, 0.15) is 31.0 Å². The standard InChI is InChI=1S/C13H20N4O2/c1-14-10-6-11(17-12(16-10)9-2-3-9)15-7-13(18)4-5-19-8-13/h6,9,18H,2-5,7-8H2,1H3,(H2,14,15,16,17). The monoisotopic (exact) mass is 264 g/mol. The van der Waals surface area contributed by atoms with E-state index in [1.807, 2.05) is 13.1 Å². The molecule has 2 fully saturated rings. The van der Waals surface area contributed by atoms with Gasteiger partial charge < -0.3 is 20.5 Å². The van der Waals surface area contributed by atoms with Crippen molar-refractivity contribution in [2.24, 2.45) is 0 Å². The quantitative estimate of drug-likeness (QED) is 0.735. The van der Waals surface area contributed by atoms with Gasteiger partial charge in [0.25, 0.3) is 0 Å². The van der Waals surface area contributed by atoms with E-state index in [2.05, 4.69) is 20.6 Å². The second-order valence-electron chi connectivity index (χ2n) is 5.40. The van der Waals surface area contributed by atoms with Gasteiger partial charge in [-0.05, 0) is 12.8 Å². The number of hydrogen-bond acceptors (Lipinski definition) is 6. The number of hydrogen-bond donors (Lipinski definition) is 3. The predicted octanol–water partition coefficient (Wildman–Crippen LogP) is 0.959. The van der Waals surface area contributed by atoms with Crippen LogP contribution in [0.25, 0.3) is 0 Å². The lowest BCUT2D eigenvalue weighted by Gasteiger charge is -2.21. The first kappa shape index (κ1) is 12.6. The summed E-state index contributed by atoms with van der Waals surface area (Å²) in [4.78, 5) is 8.98. The van der Waals surface area contributed by atoms with Gasteiger partial charge in [0.15, 0.2) is 0 Å². The Morgan fingerprint density at radius 3 is 2.84 bits per heavy atom. The molecule has 0 spiro atoms. The number of nitrogens with one attached hydrogen (secondary N) is 2. The molecular weight excluding hydrogens is 244 g/mol. The molecule has 1 aromatic heterocycles. The molecule has 1 saturated heterocycles. The van der Waals surface area contributed by atoms with Gasteiger partial charge in [-0.3, -0.25) is 0 Å². The lowest BCUT2D eigenvalue weighted by Crippen LogP contribution is -2.37. The minimum Gasteiger partial charge on any atom is -0.386 e. The fourth-order valence-corrected chi connectivity index (χ4v) is 2.20. The molecule has 1 atom stereocenters. The molecule has 3 N–H and O–H groups in total. The normalized spacial score (nSPS) is 26.4. The summed E-state index contributed by atoms with van der Waals surface area (Å²) >= 11 is 0. The first-order valence-corrected chi connectivity index (χ1v) is 6.79. The lowest BCUT2D eigenvalue weighted by molar-refractivity contribution is 0.0381. The van der Waals surface area contributed by atoms with E-state index in [-0.39, 0.29) is 0 Å². The van der Waals surface area contributed by atoms with E-state index < -0.39 is 5.60 Å². The molecule has 0 aromatic carbocycles. The molecule has 6 heteroatoms. The zero-order chi connectivity index (χ0) is 13.3. The highest BCUT2D eigenvalue weighted by molar-refractivity contribution is 5.48. The van der Waals surface area contributed by atoms with Crippen molar-refractivity contribution in [1.82, 2.24) is 9.97 Å². The fraction of sp³-hybridized carbons (Fsp3) is 0.692. The Bertz CT molecular complexity index is 456. The predicted molar refractivity (Wildman–Crippen MR) is 72.4 cm³/mol. The Hall–Kier alpha value is -1.40. The maximum atomic E-state index is 10.2. The van der Waals surface area contributed by atoms with Crippen molar-refractivity contribution in [3.8, 4) is 0 Å². The third-order valence-corrected chi connectivity index (χ3v) is 3.62. The summed E-state index contributed by atoms with van der Waals surface area (Å²) in [6.45, 7) is 1.47. The van der Waals surface area contributed by atoms with Crippen molar-refractivity contribution in [2.45, 2.75) is 30.8 Å². The highest BCUT2D eigenvalue weighted by Crippen LogP contribution is 2.38. The van der Waals surface area contributed by atoms with E-state index in [1.165, 1.54) is 12.8 Å². The van der Waals surface area contributed by atoms with Crippen molar-refractivity contribution in [2.75, 3.05) is 37.4 Å². The summed E-state index contributed by atoms with van der Waals surface area (Å²) in [7, 11) is 1.85. The second kappa shape index (κ2) is 4.94. The molecule has 1 aromatic rings. The number of anilines is 2. The first-order valence-electron chi connectivity index (χ1n) is 6.79. The van der Waals surface area contributed by atoms with E-state index in [9.17, 15) is 5.11 Å². The van der Waals surface area contributed by atoms with Crippen LogP contribution in [0.5, 0.6) is 0 Å². The molecule has 0 bridgehead atoms.